The highest BCUT2D eigenvalue weighted by molar-refractivity contribution is 5.78. The van der Waals surface area contributed by atoms with Crippen molar-refractivity contribution in [3.8, 4) is 0 Å². The maximum atomic E-state index is 13.5. The van der Waals surface area contributed by atoms with Crippen molar-refractivity contribution >= 4 is 5.97 Å². The Balaban J connectivity index is 1.75. The predicted octanol–water partition coefficient (Wildman–Crippen LogP) is 8.62. The number of esters is 1. The molecule has 3 fully saturated rings. The fourth-order valence-electron chi connectivity index (χ4n) is 7.68. The summed E-state index contributed by atoms with van der Waals surface area (Å²) in [6.45, 7) is 4.83. The van der Waals surface area contributed by atoms with Crippen LogP contribution in [0.4, 0.5) is 0 Å². The lowest BCUT2D eigenvalue weighted by molar-refractivity contribution is -0.174. The normalized spacial score (nSPS) is 30.1. The van der Waals surface area contributed by atoms with Gasteiger partial charge in [-0.3, -0.25) is 4.79 Å². The van der Waals surface area contributed by atoms with E-state index in [-0.39, 0.29) is 16.8 Å². The maximum Gasteiger partial charge on any atom is 0.312 e. The van der Waals surface area contributed by atoms with Gasteiger partial charge in [0.05, 0.1) is 12.0 Å². The molecule has 3 aliphatic rings. The minimum absolute atomic E-state index is 0.175. The van der Waals surface area contributed by atoms with E-state index >= 15 is 0 Å². The fraction of sp³-hybridized carbons (Fsp3) is 0.964. The molecule has 3 rings (SSSR count). The zero-order chi connectivity index (χ0) is 21.3. The molecule has 0 N–H and O–H groups in total. The molecule has 174 valence electrons. The monoisotopic (exact) mass is 418 g/mol. The third kappa shape index (κ3) is 5.44. The molecule has 0 spiro atoms. The van der Waals surface area contributed by atoms with Crippen molar-refractivity contribution in [1.29, 1.82) is 0 Å². The lowest BCUT2D eigenvalue weighted by Gasteiger charge is -2.55. The van der Waals surface area contributed by atoms with Gasteiger partial charge in [-0.25, -0.2) is 0 Å². The number of ether oxygens (including phenoxy) is 1. The quantitative estimate of drug-likeness (QED) is 0.262. The zero-order valence-electron chi connectivity index (χ0n) is 20.3. The summed E-state index contributed by atoms with van der Waals surface area (Å²) in [7, 11) is 0. The Bertz CT molecular complexity index is 491. The van der Waals surface area contributed by atoms with Crippen LogP contribution in [0, 0.1) is 22.7 Å². The van der Waals surface area contributed by atoms with Crippen LogP contribution in [0.25, 0.3) is 0 Å². The first-order valence-corrected chi connectivity index (χ1v) is 13.8. The van der Waals surface area contributed by atoms with Gasteiger partial charge in [-0.05, 0) is 69.1 Å². The van der Waals surface area contributed by atoms with Gasteiger partial charge in [0.2, 0.25) is 0 Å². The minimum atomic E-state index is -0.177. The lowest BCUT2D eigenvalue weighted by atomic mass is 9.49. The SMILES string of the molecule is CCCCCCCC1(C2(C(=O)OCC)CCCCC2)CCC(C2CCCCC2)CC1. The molecule has 0 unspecified atom stereocenters. The van der Waals surface area contributed by atoms with Crippen molar-refractivity contribution in [2.24, 2.45) is 22.7 Å². The van der Waals surface area contributed by atoms with Crippen LogP contribution >= 0.6 is 0 Å². The first kappa shape index (κ1) is 24.1. The van der Waals surface area contributed by atoms with E-state index in [2.05, 4.69) is 6.92 Å². The van der Waals surface area contributed by atoms with Crippen LogP contribution in [0.3, 0.4) is 0 Å². The van der Waals surface area contributed by atoms with E-state index in [1.807, 2.05) is 6.92 Å². The summed E-state index contributed by atoms with van der Waals surface area (Å²) >= 11 is 0. The maximum absolute atomic E-state index is 13.5. The van der Waals surface area contributed by atoms with Crippen molar-refractivity contribution in [3.63, 3.8) is 0 Å². The first-order valence-electron chi connectivity index (χ1n) is 13.8. The highest BCUT2D eigenvalue weighted by Crippen LogP contribution is 2.61. The predicted molar refractivity (Wildman–Crippen MR) is 126 cm³/mol. The van der Waals surface area contributed by atoms with Crippen molar-refractivity contribution in [2.75, 3.05) is 6.61 Å². The van der Waals surface area contributed by atoms with Crippen LogP contribution in [0.1, 0.15) is 142 Å². The number of hydrogen-bond donors (Lipinski definition) is 0. The van der Waals surface area contributed by atoms with E-state index in [1.165, 1.54) is 116 Å². The summed E-state index contributed by atoms with van der Waals surface area (Å²) < 4.78 is 5.81. The molecule has 0 heterocycles. The van der Waals surface area contributed by atoms with Crippen molar-refractivity contribution < 1.29 is 9.53 Å². The molecule has 0 atom stereocenters. The van der Waals surface area contributed by atoms with E-state index < -0.39 is 0 Å². The van der Waals surface area contributed by atoms with Crippen LogP contribution in [0.2, 0.25) is 0 Å². The minimum Gasteiger partial charge on any atom is -0.466 e. The molecule has 0 aromatic carbocycles. The largest absolute Gasteiger partial charge is 0.466 e. The Morgan fingerprint density at radius 1 is 0.733 bits per heavy atom. The van der Waals surface area contributed by atoms with Crippen LogP contribution < -0.4 is 0 Å². The Kier molecular flexibility index (Phi) is 9.58. The van der Waals surface area contributed by atoms with Gasteiger partial charge in [0.15, 0.2) is 0 Å². The second kappa shape index (κ2) is 11.9. The van der Waals surface area contributed by atoms with Crippen LogP contribution in [-0.4, -0.2) is 12.6 Å². The van der Waals surface area contributed by atoms with Gasteiger partial charge in [-0.1, -0.05) is 90.4 Å². The number of unbranched alkanes of at least 4 members (excludes halogenated alkanes) is 4. The summed E-state index contributed by atoms with van der Waals surface area (Å²) in [5.41, 5.74) is 0.0423. The molecule has 3 saturated carbocycles. The van der Waals surface area contributed by atoms with Gasteiger partial charge in [0.1, 0.15) is 0 Å². The number of carbonyl (C=O) groups excluding carboxylic acids is 1. The third-order valence-electron chi connectivity index (χ3n) is 9.45. The summed E-state index contributed by atoms with van der Waals surface area (Å²) in [5, 5.41) is 0. The Morgan fingerprint density at radius 3 is 1.97 bits per heavy atom. The van der Waals surface area contributed by atoms with Gasteiger partial charge in [-0.2, -0.15) is 0 Å². The van der Waals surface area contributed by atoms with Crippen LogP contribution in [-0.2, 0) is 9.53 Å². The molecular weight excluding hydrogens is 368 g/mol. The Morgan fingerprint density at radius 2 is 1.33 bits per heavy atom. The Labute approximate surface area is 187 Å². The van der Waals surface area contributed by atoms with Crippen LogP contribution in [0.15, 0.2) is 0 Å². The summed E-state index contributed by atoms with van der Waals surface area (Å²) in [6, 6.07) is 0. The second-order valence-electron chi connectivity index (χ2n) is 11.0. The number of carbonyl (C=O) groups is 1. The van der Waals surface area contributed by atoms with Gasteiger partial charge in [0.25, 0.3) is 0 Å². The van der Waals surface area contributed by atoms with E-state index in [9.17, 15) is 4.79 Å². The molecule has 0 aromatic heterocycles. The van der Waals surface area contributed by atoms with Crippen LogP contribution in [0.5, 0.6) is 0 Å². The third-order valence-corrected chi connectivity index (χ3v) is 9.45. The van der Waals surface area contributed by atoms with Crippen molar-refractivity contribution in [1.82, 2.24) is 0 Å². The van der Waals surface area contributed by atoms with Gasteiger partial charge in [0, 0.05) is 0 Å². The smallest absolute Gasteiger partial charge is 0.312 e. The Hall–Kier alpha value is -0.530. The average molecular weight is 419 g/mol. The van der Waals surface area contributed by atoms with Gasteiger partial charge >= 0.3 is 5.97 Å². The van der Waals surface area contributed by atoms with E-state index in [1.54, 1.807) is 0 Å². The topological polar surface area (TPSA) is 26.3 Å². The molecule has 0 aliphatic heterocycles. The second-order valence-corrected chi connectivity index (χ2v) is 11.0. The number of rotatable bonds is 10. The first-order chi connectivity index (χ1) is 14.7. The molecule has 0 aromatic rings. The summed E-state index contributed by atoms with van der Waals surface area (Å²) in [4.78, 5) is 13.5. The standard InChI is InChI=1S/C28H50O2/c1-3-5-6-7-12-19-27(28(26(29)30-4-2)20-13-9-14-21-28)22-17-25(18-23-27)24-15-10-8-11-16-24/h24-25H,3-23H2,1-2H3. The molecule has 0 amide bonds. The lowest BCUT2D eigenvalue weighted by Crippen LogP contribution is -2.52. The highest BCUT2D eigenvalue weighted by atomic mass is 16.5. The summed E-state index contributed by atoms with van der Waals surface area (Å²) in [6.07, 6.45) is 26.5. The van der Waals surface area contributed by atoms with Gasteiger partial charge < -0.3 is 4.74 Å². The van der Waals surface area contributed by atoms with E-state index in [4.69, 9.17) is 4.74 Å². The molecule has 30 heavy (non-hydrogen) atoms. The molecule has 2 nitrogen and oxygen atoms in total. The van der Waals surface area contributed by atoms with E-state index in [0.29, 0.717) is 6.61 Å². The molecular formula is C28H50O2. The molecule has 0 bridgehead atoms. The highest BCUT2D eigenvalue weighted by Gasteiger charge is 2.57. The summed E-state index contributed by atoms with van der Waals surface area (Å²) in [5.74, 6) is 2.09. The zero-order valence-corrected chi connectivity index (χ0v) is 20.3. The average Bonchev–Trinajstić information content (AvgIpc) is 2.80. The van der Waals surface area contributed by atoms with Crippen molar-refractivity contribution in [3.05, 3.63) is 0 Å². The van der Waals surface area contributed by atoms with Crippen molar-refractivity contribution in [2.45, 2.75) is 142 Å². The fourth-order valence-corrected chi connectivity index (χ4v) is 7.68. The molecule has 3 aliphatic carbocycles. The van der Waals surface area contributed by atoms with Gasteiger partial charge in [-0.15, -0.1) is 0 Å². The number of hydrogen-bond acceptors (Lipinski definition) is 2. The molecule has 2 heteroatoms. The molecule has 0 radical (unpaired) electrons. The molecule has 0 saturated heterocycles. The van der Waals surface area contributed by atoms with E-state index in [0.717, 1.165) is 24.7 Å².